The Morgan fingerprint density at radius 1 is 1.07 bits per heavy atom. The van der Waals surface area contributed by atoms with Crippen molar-refractivity contribution in [2.45, 2.75) is 31.0 Å². The van der Waals surface area contributed by atoms with E-state index in [1.807, 2.05) is 0 Å². The van der Waals surface area contributed by atoms with Crippen molar-refractivity contribution in [1.82, 2.24) is 9.73 Å². The van der Waals surface area contributed by atoms with Gasteiger partial charge in [-0.25, -0.2) is 8.42 Å². The molecular weight excluding hydrogens is 395 g/mol. The summed E-state index contributed by atoms with van der Waals surface area (Å²) in [6, 6.07) is 9.64. The predicted octanol–water partition coefficient (Wildman–Crippen LogP) is 3.49. The molecule has 0 aliphatic heterocycles. The van der Waals surface area contributed by atoms with Gasteiger partial charge in [-0.3, -0.25) is 15.6 Å². The standard InChI is InChI=1S/C18H20F3N3O3S/c1-12(2)24(3)28(26,27)14-8-6-7-13(11-14)17(25)23-22-16-10-5-4-9-15(16)18(19,20)21/h4-12,22H,1-3H3,(H,23,25). The molecule has 0 radical (unpaired) electrons. The number of hydrazine groups is 1. The number of para-hydroxylation sites is 1. The zero-order valence-corrected chi connectivity index (χ0v) is 16.2. The number of carbonyl (C=O) groups excluding carboxylic acids is 1. The number of halogens is 3. The van der Waals surface area contributed by atoms with Crippen LogP contribution in [0.3, 0.4) is 0 Å². The quantitative estimate of drug-likeness (QED) is 0.708. The molecule has 0 fully saturated rings. The van der Waals surface area contributed by atoms with Crippen molar-refractivity contribution in [2.24, 2.45) is 0 Å². The molecule has 152 valence electrons. The fourth-order valence-corrected chi connectivity index (χ4v) is 3.69. The van der Waals surface area contributed by atoms with E-state index in [4.69, 9.17) is 0 Å². The van der Waals surface area contributed by atoms with Crippen molar-refractivity contribution >= 4 is 21.6 Å². The largest absolute Gasteiger partial charge is 0.418 e. The highest BCUT2D eigenvalue weighted by molar-refractivity contribution is 7.89. The molecule has 28 heavy (non-hydrogen) atoms. The Bertz CT molecular complexity index is 960. The lowest BCUT2D eigenvalue weighted by Gasteiger charge is -2.21. The number of hydrogen-bond acceptors (Lipinski definition) is 4. The zero-order chi connectivity index (χ0) is 21.1. The Morgan fingerprint density at radius 2 is 1.71 bits per heavy atom. The summed E-state index contributed by atoms with van der Waals surface area (Å²) in [5.41, 5.74) is 3.11. The lowest BCUT2D eigenvalue weighted by Crippen LogP contribution is -2.33. The average molecular weight is 415 g/mol. The van der Waals surface area contributed by atoms with Gasteiger partial charge < -0.3 is 0 Å². The van der Waals surface area contributed by atoms with Gasteiger partial charge in [-0.05, 0) is 44.2 Å². The first-order valence-corrected chi connectivity index (χ1v) is 9.69. The minimum Gasteiger partial charge on any atom is -0.298 e. The molecule has 0 spiro atoms. The van der Waals surface area contributed by atoms with Crippen LogP contribution in [-0.4, -0.2) is 31.7 Å². The Hall–Kier alpha value is -2.59. The monoisotopic (exact) mass is 415 g/mol. The van der Waals surface area contributed by atoms with Gasteiger partial charge in [0.05, 0.1) is 16.1 Å². The molecule has 2 aromatic rings. The third-order valence-electron chi connectivity index (χ3n) is 4.04. The molecule has 6 nitrogen and oxygen atoms in total. The first kappa shape index (κ1) is 21.7. The van der Waals surface area contributed by atoms with Crippen molar-refractivity contribution in [3.05, 3.63) is 59.7 Å². The van der Waals surface area contributed by atoms with Gasteiger partial charge in [0.2, 0.25) is 10.0 Å². The van der Waals surface area contributed by atoms with Crippen LogP contribution in [0.4, 0.5) is 18.9 Å². The van der Waals surface area contributed by atoms with Gasteiger partial charge in [0.1, 0.15) is 0 Å². The Labute approximate surface area is 161 Å². The number of nitrogens with one attached hydrogen (secondary N) is 2. The van der Waals surface area contributed by atoms with Crippen LogP contribution >= 0.6 is 0 Å². The third kappa shape index (κ3) is 4.82. The van der Waals surface area contributed by atoms with E-state index in [0.29, 0.717) is 0 Å². The Morgan fingerprint density at radius 3 is 2.32 bits per heavy atom. The number of alkyl halides is 3. The number of sulfonamides is 1. The normalized spacial score (nSPS) is 12.3. The topological polar surface area (TPSA) is 78.5 Å². The zero-order valence-electron chi connectivity index (χ0n) is 15.4. The first-order valence-electron chi connectivity index (χ1n) is 8.25. The minimum absolute atomic E-state index is 0.0183. The van der Waals surface area contributed by atoms with Crippen LogP contribution in [-0.2, 0) is 16.2 Å². The van der Waals surface area contributed by atoms with E-state index in [0.717, 1.165) is 10.4 Å². The van der Waals surface area contributed by atoms with Crippen LogP contribution < -0.4 is 10.9 Å². The molecule has 0 atom stereocenters. The maximum atomic E-state index is 13.0. The predicted molar refractivity (Wildman–Crippen MR) is 99.1 cm³/mol. The molecule has 2 aromatic carbocycles. The number of nitrogens with zero attached hydrogens (tertiary/aromatic N) is 1. The lowest BCUT2D eigenvalue weighted by molar-refractivity contribution is -0.137. The molecule has 0 aliphatic rings. The maximum Gasteiger partial charge on any atom is 0.418 e. The van der Waals surface area contributed by atoms with E-state index < -0.39 is 27.7 Å². The Balaban J connectivity index is 2.22. The molecular formula is C18H20F3N3O3S. The van der Waals surface area contributed by atoms with Crippen LogP contribution in [0.1, 0.15) is 29.8 Å². The molecule has 0 unspecified atom stereocenters. The third-order valence-corrected chi connectivity index (χ3v) is 6.07. The smallest absolute Gasteiger partial charge is 0.298 e. The number of benzene rings is 2. The maximum absolute atomic E-state index is 13.0. The van der Waals surface area contributed by atoms with E-state index in [2.05, 4.69) is 10.9 Å². The summed E-state index contributed by atoms with van der Waals surface area (Å²) in [5, 5.41) is 0. The van der Waals surface area contributed by atoms with Crippen LogP contribution in [0, 0.1) is 0 Å². The number of hydrogen-bond donors (Lipinski definition) is 2. The highest BCUT2D eigenvalue weighted by Crippen LogP contribution is 2.34. The van der Waals surface area contributed by atoms with E-state index in [1.165, 1.54) is 49.5 Å². The van der Waals surface area contributed by atoms with Gasteiger partial charge in [0, 0.05) is 18.7 Å². The second-order valence-corrected chi connectivity index (χ2v) is 8.26. The van der Waals surface area contributed by atoms with Crippen LogP contribution in [0.15, 0.2) is 53.4 Å². The van der Waals surface area contributed by atoms with Gasteiger partial charge in [0.15, 0.2) is 0 Å². The fourth-order valence-electron chi connectivity index (χ4n) is 2.28. The molecule has 2 rings (SSSR count). The van der Waals surface area contributed by atoms with E-state index in [1.54, 1.807) is 13.8 Å². The van der Waals surface area contributed by atoms with Crippen molar-refractivity contribution in [1.29, 1.82) is 0 Å². The number of amides is 1. The summed E-state index contributed by atoms with van der Waals surface area (Å²) in [6.07, 6.45) is -4.59. The second-order valence-electron chi connectivity index (χ2n) is 6.27. The van der Waals surface area contributed by atoms with E-state index in [9.17, 15) is 26.4 Å². The van der Waals surface area contributed by atoms with Gasteiger partial charge in [0.25, 0.3) is 5.91 Å². The summed E-state index contributed by atoms with van der Waals surface area (Å²) < 4.78 is 65.2. The number of rotatable bonds is 6. The van der Waals surface area contributed by atoms with Gasteiger partial charge >= 0.3 is 6.18 Å². The van der Waals surface area contributed by atoms with Crippen molar-refractivity contribution in [2.75, 3.05) is 12.5 Å². The molecule has 0 bridgehead atoms. The van der Waals surface area contributed by atoms with Crippen molar-refractivity contribution in [3.8, 4) is 0 Å². The minimum atomic E-state index is -4.59. The summed E-state index contributed by atoms with van der Waals surface area (Å²) in [4.78, 5) is 12.2. The van der Waals surface area contributed by atoms with Crippen molar-refractivity contribution in [3.63, 3.8) is 0 Å². The van der Waals surface area contributed by atoms with Gasteiger partial charge in [-0.15, -0.1) is 0 Å². The fraction of sp³-hybridized carbons (Fsp3) is 0.278. The summed E-state index contributed by atoms with van der Waals surface area (Å²) >= 11 is 0. The first-order chi connectivity index (χ1) is 12.9. The summed E-state index contributed by atoms with van der Waals surface area (Å²) in [7, 11) is -2.38. The van der Waals surface area contributed by atoms with E-state index >= 15 is 0 Å². The second kappa shape index (κ2) is 8.19. The molecule has 0 saturated carbocycles. The van der Waals surface area contributed by atoms with E-state index in [-0.39, 0.29) is 22.2 Å². The van der Waals surface area contributed by atoms with Crippen LogP contribution in [0.25, 0.3) is 0 Å². The van der Waals surface area contributed by atoms with Crippen LogP contribution in [0.5, 0.6) is 0 Å². The van der Waals surface area contributed by atoms with Crippen molar-refractivity contribution < 1.29 is 26.4 Å². The SMILES string of the molecule is CC(C)N(C)S(=O)(=O)c1cccc(C(=O)NNc2ccccc2C(F)(F)F)c1. The molecule has 10 heteroatoms. The Kier molecular flexibility index (Phi) is 6.35. The molecule has 2 N–H and O–H groups in total. The average Bonchev–Trinajstić information content (AvgIpc) is 2.64. The number of anilines is 1. The molecule has 0 heterocycles. The van der Waals surface area contributed by atoms with Gasteiger partial charge in [-0.1, -0.05) is 18.2 Å². The highest BCUT2D eigenvalue weighted by atomic mass is 32.2. The molecule has 0 aromatic heterocycles. The lowest BCUT2D eigenvalue weighted by atomic mass is 10.2. The molecule has 0 aliphatic carbocycles. The highest BCUT2D eigenvalue weighted by Gasteiger charge is 2.33. The molecule has 0 saturated heterocycles. The molecule has 1 amide bonds. The van der Waals surface area contributed by atoms with Gasteiger partial charge in [-0.2, -0.15) is 17.5 Å². The summed E-state index contributed by atoms with van der Waals surface area (Å²) in [5.74, 6) is -0.777. The van der Waals surface area contributed by atoms with Crippen LogP contribution in [0.2, 0.25) is 0 Å². The number of carbonyl (C=O) groups is 1. The summed E-state index contributed by atoms with van der Waals surface area (Å²) in [6.45, 7) is 3.41.